The summed E-state index contributed by atoms with van der Waals surface area (Å²) in [6.07, 6.45) is 6.79. The number of rotatable bonds is 4. The van der Waals surface area contributed by atoms with Crippen LogP contribution in [0.2, 0.25) is 5.02 Å². The molecular weight excluding hydrogens is 329 g/mol. The van der Waals surface area contributed by atoms with E-state index in [0.717, 1.165) is 31.6 Å². The zero-order valence-corrected chi connectivity index (χ0v) is 14.0. The number of halogens is 2. The number of amides is 1. The maximum absolute atomic E-state index is 13.8. The van der Waals surface area contributed by atoms with Gasteiger partial charge in [-0.25, -0.2) is 4.39 Å². The first-order valence-corrected chi connectivity index (χ1v) is 8.44. The second-order valence-corrected chi connectivity index (χ2v) is 6.27. The van der Waals surface area contributed by atoms with E-state index in [9.17, 15) is 9.18 Å². The Balaban J connectivity index is 1.75. The van der Waals surface area contributed by atoms with Crippen molar-refractivity contribution < 1.29 is 9.18 Å². The van der Waals surface area contributed by atoms with Crippen LogP contribution in [0.5, 0.6) is 0 Å². The molecule has 1 fully saturated rings. The summed E-state index contributed by atoms with van der Waals surface area (Å²) in [6, 6.07) is 6.18. The van der Waals surface area contributed by atoms with Gasteiger partial charge in [0.1, 0.15) is 5.82 Å². The third kappa shape index (κ3) is 3.85. The van der Waals surface area contributed by atoms with Crippen molar-refractivity contribution in [3.8, 4) is 0 Å². The number of carbonyl (C=O) groups excluding carboxylic acids is 1. The fourth-order valence-electron chi connectivity index (χ4n) is 2.93. The second-order valence-electron chi connectivity index (χ2n) is 5.87. The lowest BCUT2D eigenvalue weighted by molar-refractivity contribution is -0.115. The van der Waals surface area contributed by atoms with E-state index in [2.05, 4.69) is 15.2 Å². The van der Waals surface area contributed by atoms with Crippen molar-refractivity contribution in [2.45, 2.75) is 25.7 Å². The minimum absolute atomic E-state index is 0.104. The minimum Gasteiger partial charge on any atom is -0.369 e. The molecule has 126 valence electrons. The first kappa shape index (κ1) is 16.7. The largest absolute Gasteiger partial charge is 0.369 e. The Morgan fingerprint density at radius 2 is 2.04 bits per heavy atom. The van der Waals surface area contributed by atoms with E-state index >= 15 is 0 Å². The zero-order chi connectivity index (χ0) is 16.9. The number of carbonyl (C=O) groups is 1. The molecule has 2 heterocycles. The molecule has 1 aliphatic heterocycles. The molecule has 0 aliphatic carbocycles. The number of aromatic nitrogens is 1. The highest BCUT2D eigenvalue weighted by Crippen LogP contribution is 2.28. The molecule has 0 unspecified atom stereocenters. The van der Waals surface area contributed by atoms with Crippen LogP contribution in [0.4, 0.5) is 15.8 Å². The van der Waals surface area contributed by atoms with Crippen LogP contribution < -0.4 is 10.2 Å². The molecule has 3 rings (SSSR count). The lowest BCUT2D eigenvalue weighted by Crippen LogP contribution is -2.30. The van der Waals surface area contributed by atoms with Crippen molar-refractivity contribution >= 4 is 28.9 Å². The summed E-state index contributed by atoms with van der Waals surface area (Å²) in [6.45, 7) is 1.90. The molecule has 0 atom stereocenters. The molecule has 4 nitrogen and oxygen atoms in total. The van der Waals surface area contributed by atoms with Crippen molar-refractivity contribution in [1.29, 1.82) is 0 Å². The van der Waals surface area contributed by atoms with Crippen LogP contribution in [-0.4, -0.2) is 24.0 Å². The Hall–Kier alpha value is -2.14. The van der Waals surface area contributed by atoms with E-state index < -0.39 is 5.82 Å². The Labute approximate surface area is 145 Å². The summed E-state index contributed by atoms with van der Waals surface area (Å²) in [5, 5.41) is 3.13. The van der Waals surface area contributed by atoms with E-state index in [1.165, 1.54) is 18.6 Å². The lowest BCUT2D eigenvalue weighted by atomic mass is 10.1. The van der Waals surface area contributed by atoms with E-state index in [4.69, 9.17) is 11.6 Å². The van der Waals surface area contributed by atoms with Crippen LogP contribution in [-0.2, 0) is 11.2 Å². The number of nitrogens with one attached hydrogen (secondary N) is 1. The number of benzene rings is 1. The standard InChI is InChI=1S/C18H19ClFN3O/c19-14-5-4-6-15(20)13(14)11-18(24)22-16-7-8-21-12-17(16)23-9-2-1-3-10-23/h4-8,12H,1-3,9-11H2,(H,21,22,24). The fraction of sp³-hybridized carbons (Fsp3) is 0.333. The Kier molecular flexibility index (Phi) is 5.30. The molecule has 0 bridgehead atoms. The van der Waals surface area contributed by atoms with Gasteiger partial charge < -0.3 is 10.2 Å². The van der Waals surface area contributed by atoms with E-state index in [1.54, 1.807) is 24.5 Å². The van der Waals surface area contributed by atoms with Gasteiger partial charge in [0.15, 0.2) is 0 Å². The highest BCUT2D eigenvalue weighted by molar-refractivity contribution is 6.31. The van der Waals surface area contributed by atoms with Crippen LogP contribution in [0.15, 0.2) is 36.7 Å². The highest BCUT2D eigenvalue weighted by Gasteiger charge is 2.17. The second kappa shape index (κ2) is 7.62. The van der Waals surface area contributed by atoms with Crippen molar-refractivity contribution in [3.05, 3.63) is 53.1 Å². The first-order chi connectivity index (χ1) is 11.6. The van der Waals surface area contributed by atoms with Crippen LogP contribution >= 0.6 is 11.6 Å². The van der Waals surface area contributed by atoms with Gasteiger partial charge in [-0.1, -0.05) is 17.7 Å². The van der Waals surface area contributed by atoms with Crippen molar-refractivity contribution in [1.82, 2.24) is 4.98 Å². The SMILES string of the molecule is O=C(Cc1c(F)cccc1Cl)Nc1ccncc1N1CCCCC1. The van der Waals surface area contributed by atoms with Gasteiger partial charge in [0.05, 0.1) is 24.0 Å². The molecule has 1 aromatic heterocycles. The van der Waals surface area contributed by atoms with Gasteiger partial charge in [-0.15, -0.1) is 0 Å². The summed E-state index contributed by atoms with van der Waals surface area (Å²) in [4.78, 5) is 18.7. The molecule has 0 spiro atoms. The molecule has 2 aromatic rings. The van der Waals surface area contributed by atoms with Crippen molar-refractivity contribution in [3.63, 3.8) is 0 Å². The summed E-state index contributed by atoms with van der Waals surface area (Å²) < 4.78 is 13.8. The summed E-state index contributed by atoms with van der Waals surface area (Å²) in [5.41, 5.74) is 1.82. The minimum atomic E-state index is -0.469. The average molecular weight is 348 g/mol. The van der Waals surface area contributed by atoms with Gasteiger partial charge in [-0.2, -0.15) is 0 Å². The maximum atomic E-state index is 13.8. The quantitative estimate of drug-likeness (QED) is 0.907. The monoisotopic (exact) mass is 347 g/mol. The number of nitrogens with zero attached hydrogens (tertiary/aromatic N) is 2. The van der Waals surface area contributed by atoms with Crippen molar-refractivity contribution in [2.24, 2.45) is 0 Å². The number of anilines is 2. The van der Waals surface area contributed by atoms with E-state index in [-0.39, 0.29) is 22.9 Å². The average Bonchev–Trinajstić information content (AvgIpc) is 2.60. The Morgan fingerprint density at radius 1 is 1.25 bits per heavy atom. The van der Waals surface area contributed by atoms with Crippen LogP contribution in [0, 0.1) is 5.82 Å². The zero-order valence-electron chi connectivity index (χ0n) is 13.3. The number of pyridine rings is 1. The van der Waals surface area contributed by atoms with Gasteiger partial charge >= 0.3 is 0 Å². The fourth-order valence-corrected chi connectivity index (χ4v) is 3.16. The normalized spacial score (nSPS) is 14.5. The summed E-state index contributed by atoms with van der Waals surface area (Å²) >= 11 is 5.99. The molecule has 24 heavy (non-hydrogen) atoms. The predicted molar refractivity (Wildman–Crippen MR) is 94.0 cm³/mol. The molecule has 0 saturated carbocycles. The van der Waals surface area contributed by atoms with Crippen molar-refractivity contribution in [2.75, 3.05) is 23.3 Å². The Morgan fingerprint density at radius 3 is 2.79 bits per heavy atom. The van der Waals surface area contributed by atoms with E-state index in [0.29, 0.717) is 5.69 Å². The lowest BCUT2D eigenvalue weighted by Gasteiger charge is -2.30. The van der Waals surface area contributed by atoms with Gasteiger partial charge in [0, 0.05) is 29.9 Å². The molecule has 6 heteroatoms. The van der Waals surface area contributed by atoms with Crippen LogP contribution in [0.25, 0.3) is 0 Å². The van der Waals surface area contributed by atoms with E-state index in [1.807, 2.05) is 0 Å². The third-order valence-corrected chi connectivity index (χ3v) is 4.52. The molecule has 1 aromatic carbocycles. The molecule has 1 N–H and O–H groups in total. The highest BCUT2D eigenvalue weighted by atomic mass is 35.5. The summed E-state index contributed by atoms with van der Waals surface area (Å²) in [5.74, 6) is -0.768. The molecule has 1 saturated heterocycles. The Bertz CT molecular complexity index is 712. The van der Waals surface area contributed by atoms with Crippen LogP contribution in [0.3, 0.4) is 0 Å². The third-order valence-electron chi connectivity index (χ3n) is 4.17. The molecular formula is C18H19ClFN3O. The van der Waals surface area contributed by atoms with Gasteiger partial charge in [-0.3, -0.25) is 9.78 Å². The van der Waals surface area contributed by atoms with Gasteiger partial charge in [0.2, 0.25) is 5.91 Å². The van der Waals surface area contributed by atoms with Gasteiger partial charge in [-0.05, 0) is 37.5 Å². The molecule has 0 radical (unpaired) electrons. The summed E-state index contributed by atoms with van der Waals surface area (Å²) in [7, 11) is 0. The van der Waals surface area contributed by atoms with Gasteiger partial charge in [0.25, 0.3) is 0 Å². The first-order valence-electron chi connectivity index (χ1n) is 8.07. The number of hydrogen-bond acceptors (Lipinski definition) is 3. The maximum Gasteiger partial charge on any atom is 0.229 e. The smallest absolute Gasteiger partial charge is 0.229 e. The number of hydrogen-bond donors (Lipinski definition) is 1. The molecule has 1 amide bonds. The number of piperidine rings is 1. The van der Waals surface area contributed by atoms with Crippen LogP contribution in [0.1, 0.15) is 24.8 Å². The predicted octanol–water partition coefficient (Wildman–Crippen LogP) is 4.05. The topological polar surface area (TPSA) is 45.2 Å². The molecule has 1 aliphatic rings.